The van der Waals surface area contributed by atoms with Gasteiger partial charge in [0.05, 0.1) is 18.4 Å². The number of aromatic nitrogens is 2. The highest BCUT2D eigenvalue weighted by Gasteiger charge is 2.13. The molecular weight excluding hydrogens is 314 g/mol. The van der Waals surface area contributed by atoms with E-state index < -0.39 is 0 Å². The minimum absolute atomic E-state index is 0.0796. The molecule has 0 aliphatic heterocycles. The molecule has 2 rings (SSSR count). The Bertz CT molecular complexity index is 734. The van der Waals surface area contributed by atoms with Gasteiger partial charge >= 0.3 is 0 Å². The molecular formula is C20H25N3O2. The highest BCUT2D eigenvalue weighted by atomic mass is 16.5. The number of benzene rings is 1. The molecule has 1 N–H and O–H groups in total. The lowest BCUT2D eigenvalue weighted by molar-refractivity contribution is -0.116. The summed E-state index contributed by atoms with van der Waals surface area (Å²) >= 11 is 0. The van der Waals surface area contributed by atoms with E-state index in [9.17, 15) is 4.79 Å². The lowest BCUT2D eigenvalue weighted by atomic mass is 9.87. The third-order valence-corrected chi connectivity index (χ3v) is 3.68. The smallest absolute Gasteiger partial charge is 0.244 e. The van der Waals surface area contributed by atoms with Crippen molar-refractivity contribution in [2.24, 2.45) is 0 Å². The third kappa shape index (κ3) is 6.03. The first-order valence-corrected chi connectivity index (χ1v) is 8.32. The first-order valence-electron chi connectivity index (χ1n) is 8.32. The Kier molecular flexibility index (Phi) is 6.28. The van der Waals surface area contributed by atoms with Gasteiger partial charge in [-0.05, 0) is 35.6 Å². The quantitative estimate of drug-likeness (QED) is 0.647. The van der Waals surface area contributed by atoms with E-state index in [-0.39, 0.29) is 11.3 Å². The first kappa shape index (κ1) is 18.6. The first-order chi connectivity index (χ1) is 11.9. The molecule has 132 valence electrons. The number of allylic oxidation sites excluding steroid dienone is 1. The summed E-state index contributed by atoms with van der Waals surface area (Å²) in [5.41, 5.74) is 2.75. The van der Waals surface area contributed by atoms with Crippen LogP contribution in [0, 0.1) is 0 Å². The summed E-state index contributed by atoms with van der Waals surface area (Å²) in [6.07, 6.45) is 6.35. The monoisotopic (exact) mass is 339 g/mol. The van der Waals surface area contributed by atoms with Crippen molar-refractivity contribution in [3.05, 3.63) is 60.2 Å². The van der Waals surface area contributed by atoms with Crippen LogP contribution in [0.5, 0.6) is 5.75 Å². The number of amides is 1. The minimum Gasteiger partial charge on any atom is -0.492 e. The second-order valence-corrected chi connectivity index (χ2v) is 6.84. The molecule has 1 aromatic heterocycles. The number of carbonyl (C=O) groups is 1. The molecule has 1 aromatic carbocycles. The molecule has 0 spiro atoms. The summed E-state index contributed by atoms with van der Waals surface area (Å²) in [4.78, 5) is 20.1. The van der Waals surface area contributed by atoms with Crippen LogP contribution in [0.15, 0.2) is 48.9 Å². The molecule has 0 saturated heterocycles. The van der Waals surface area contributed by atoms with Crippen LogP contribution in [0.4, 0.5) is 0 Å². The standard InChI is InChI=1S/C20H25N3O2/c1-15(18-14-21-8-9-22-18)12-19(24)23-10-11-25-17-7-5-6-16(13-17)20(2,3)4/h5-9,12-14H,10-11H2,1-4H3,(H,23,24)/b15-12+. The fourth-order valence-corrected chi connectivity index (χ4v) is 2.22. The Morgan fingerprint density at radius 1 is 1.28 bits per heavy atom. The number of carbonyl (C=O) groups excluding carboxylic acids is 1. The van der Waals surface area contributed by atoms with Crippen molar-refractivity contribution in [1.82, 2.24) is 15.3 Å². The topological polar surface area (TPSA) is 64.1 Å². The van der Waals surface area contributed by atoms with Crippen LogP contribution in [0.25, 0.3) is 5.57 Å². The molecule has 0 aliphatic carbocycles. The van der Waals surface area contributed by atoms with Gasteiger partial charge < -0.3 is 10.1 Å². The average molecular weight is 339 g/mol. The maximum atomic E-state index is 11.9. The predicted octanol–water partition coefficient (Wildman–Crippen LogP) is 3.37. The summed E-state index contributed by atoms with van der Waals surface area (Å²) in [5.74, 6) is 0.642. The van der Waals surface area contributed by atoms with Gasteiger partial charge in [0.25, 0.3) is 0 Å². The van der Waals surface area contributed by atoms with E-state index in [1.54, 1.807) is 18.6 Å². The Hall–Kier alpha value is -2.69. The second-order valence-electron chi connectivity index (χ2n) is 6.84. The zero-order valence-corrected chi connectivity index (χ0v) is 15.2. The molecule has 2 aromatic rings. The number of hydrogen-bond acceptors (Lipinski definition) is 4. The molecule has 0 unspecified atom stereocenters. The summed E-state index contributed by atoms with van der Waals surface area (Å²) in [6, 6.07) is 8.05. The van der Waals surface area contributed by atoms with E-state index in [1.165, 1.54) is 11.6 Å². The Labute approximate surface area is 149 Å². The molecule has 0 aliphatic rings. The van der Waals surface area contributed by atoms with Crippen LogP contribution in [0.1, 0.15) is 39.0 Å². The van der Waals surface area contributed by atoms with Crippen LogP contribution >= 0.6 is 0 Å². The predicted molar refractivity (Wildman–Crippen MR) is 99.3 cm³/mol. The number of nitrogens with one attached hydrogen (secondary N) is 1. The second kappa shape index (κ2) is 8.42. The molecule has 0 saturated carbocycles. The van der Waals surface area contributed by atoms with Gasteiger partial charge in [0.1, 0.15) is 12.4 Å². The Morgan fingerprint density at radius 3 is 2.76 bits per heavy atom. The fourth-order valence-electron chi connectivity index (χ4n) is 2.22. The van der Waals surface area contributed by atoms with Gasteiger partial charge in [-0.3, -0.25) is 14.8 Å². The van der Waals surface area contributed by atoms with Crippen LogP contribution in [-0.4, -0.2) is 29.0 Å². The Morgan fingerprint density at radius 2 is 2.08 bits per heavy atom. The minimum atomic E-state index is -0.171. The molecule has 0 fully saturated rings. The number of nitrogens with zero attached hydrogens (tertiary/aromatic N) is 2. The maximum absolute atomic E-state index is 11.9. The van der Waals surface area contributed by atoms with E-state index in [1.807, 2.05) is 25.1 Å². The van der Waals surface area contributed by atoms with Crippen molar-refractivity contribution < 1.29 is 9.53 Å². The van der Waals surface area contributed by atoms with Gasteiger partial charge in [-0.1, -0.05) is 32.9 Å². The molecule has 25 heavy (non-hydrogen) atoms. The van der Waals surface area contributed by atoms with Crippen LogP contribution in [0.3, 0.4) is 0 Å². The number of ether oxygens (including phenoxy) is 1. The zero-order valence-electron chi connectivity index (χ0n) is 15.2. The summed E-state index contributed by atoms with van der Waals surface area (Å²) in [5, 5.41) is 2.81. The van der Waals surface area contributed by atoms with Gasteiger partial charge in [-0.25, -0.2) is 0 Å². The average Bonchev–Trinajstić information content (AvgIpc) is 2.59. The van der Waals surface area contributed by atoms with Gasteiger partial charge in [0, 0.05) is 18.5 Å². The summed E-state index contributed by atoms with van der Waals surface area (Å²) < 4.78 is 5.72. The fraction of sp³-hybridized carbons (Fsp3) is 0.350. The van der Waals surface area contributed by atoms with Crippen molar-refractivity contribution in [3.63, 3.8) is 0 Å². The van der Waals surface area contributed by atoms with E-state index in [4.69, 9.17) is 4.74 Å². The van der Waals surface area contributed by atoms with Crippen LogP contribution in [0.2, 0.25) is 0 Å². The van der Waals surface area contributed by atoms with E-state index in [0.717, 1.165) is 11.3 Å². The zero-order chi connectivity index (χ0) is 18.3. The number of hydrogen-bond donors (Lipinski definition) is 1. The number of rotatable bonds is 6. The van der Waals surface area contributed by atoms with Crippen molar-refractivity contribution in [3.8, 4) is 5.75 Å². The molecule has 0 atom stereocenters. The third-order valence-electron chi connectivity index (χ3n) is 3.68. The van der Waals surface area contributed by atoms with Crippen molar-refractivity contribution in [1.29, 1.82) is 0 Å². The van der Waals surface area contributed by atoms with Crippen molar-refractivity contribution in [2.45, 2.75) is 33.1 Å². The van der Waals surface area contributed by atoms with E-state index >= 15 is 0 Å². The molecule has 1 heterocycles. The molecule has 5 heteroatoms. The SMILES string of the molecule is C/C(=C\C(=O)NCCOc1cccc(C(C)(C)C)c1)c1cnccn1. The van der Waals surface area contributed by atoms with Gasteiger partial charge in [-0.15, -0.1) is 0 Å². The van der Waals surface area contributed by atoms with Crippen molar-refractivity contribution in [2.75, 3.05) is 13.2 Å². The van der Waals surface area contributed by atoms with Crippen LogP contribution < -0.4 is 10.1 Å². The van der Waals surface area contributed by atoms with Gasteiger partial charge in [-0.2, -0.15) is 0 Å². The summed E-state index contributed by atoms with van der Waals surface area (Å²) in [7, 11) is 0. The molecule has 1 amide bonds. The lowest BCUT2D eigenvalue weighted by Crippen LogP contribution is -2.26. The summed E-state index contributed by atoms with van der Waals surface area (Å²) in [6.45, 7) is 9.17. The normalized spacial score (nSPS) is 11.9. The Balaban J connectivity index is 1.80. The molecule has 0 radical (unpaired) electrons. The van der Waals surface area contributed by atoms with E-state index in [0.29, 0.717) is 18.8 Å². The van der Waals surface area contributed by atoms with Crippen molar-refractivity contribution >= 4 is 11.5 Å². The van der Waals surface area contributed by atoms with E-state index in [2.05, 4.69) is 42.1 Å². The maximum Gasteiger partial charge on any atom is 0.244 e. The molecule has 0 bridgehead atoms. The highest BCUT2D eigenvalue weighted by Crippen LogP contribution is 2.25. The molecule has 5 nitrogen and oxygen atoms in total. The lowest BCUT2D eigenvalue weighted by Gasteiger charge is -2.19. The largest absolute Gasteiger partial charge is 0.492 e. The van der Waals surface area contributed by atoms with Crippen LogP contribution in [-0.2, 0) is 10.2 Å². The highest BCUT2D eigenvalue weighted by molar-refractivity contribution is 5.94. The van der Waals surface area contributed by atoms with Gasteiger partial charge in [0.2, 0.25) is 5.91 Å². The van der Waals surface area contributed by atoms with Gasteiger partial charge in [0.15, 0.2) is 0 Å².